The summed E-state index contributed by atoms with van der Waals surface area (Å²) in [6, 6.07) is 29.7. The standard InChI is InChI=1S/C29H30N2O8S/c1-40(35,36)38-21-25(39-27(19-32)31-18-17-26(33)30-28(31)34)20-37-29(22-11-5-2-6-12-22,23-13-7-3-8-14-23)24-15-9-4-10-16-24/h2-18,25,27,32H,19-21H2,1H3,(H,30,33,34)/t25-,27-/m1/s1. The van der Waals surface area contributed by atoms with Gasteiger partial charge in [-0.05, 0) is 16.7 Å². The van der Waals surface area contributed by atoms with E-state index in [-0.39, 0.29) is 6.61 Å². The highest BCUT2D eigenvalue weighted by atomic mass is 32.2. The van der Waals surface area contributed by atoms with Crippen LogP contribution < -0.4 is 11.2 Å². The summed E-state index contributed by atoms with van der Waals surface area (Å²) < 4.78 is 42.4. The van der Waals surface area contributed by atoms with Gasteiger partial charge in [0.25, 0.3) is 15.7 Å². The van der Waals surface area contributed by atoms with Gasteiger partial charge in [-0.1, -0.05) is 91.0 Å². The van der Waals surface area contributed by atoms with Gasteiger partial charge in [-0.3, -0.25) is 18.5 Å². The molecule has 4 aromatic rings. The van der Waals surface area contributed by atoms with Crippen LogP contribution in [0, 0.1) is 0 Å². The summed E-state index contributed by atoms with van der Waals surface area (Å²) >= 11 is 0. The van der Waals surface area contributed by atoms with Crippen molar-refractivity contribution in [3.63, 3.8) is 0 Å². The second kappa shape index (κ2) is 13.0. The third-order valence-electron chi connectivity index (χ3n) is 6.16. The number of nitrogens with zero attached hydrogens (tertiary/aromatic N) is 1. The zero-order chi connectivity index (χ0) is 28.6. The Morgan fingerprint density at radius 3 is 1.75 bits per heavy atom. The Balaban J connectivity index is 1.76. The van der Waals surface area contributed by atoms with Gasteiger partial charge < -0.3 is 14.6 Å². The van der Waals surface area contributed by atoms with Crippen molar-refractivity contribution in [2.45, 2.75) is 17.9 Å². The number of aliphatic hydroxyl groups is 1. The number of benzene rings is 3. The Kier molecular flexibility index (Phi) is 9.46. The third kappa shape index (κ3) is 7.00. The average molecular weight is 567 g/mol. The van der Waals surface area contributed by atoms with Gasteiger partial charge >= 0.3 is 5.69 Å². The van der Waals surface area contributed by atoms with Crippen LogP contribution in [0.15, 0.2) is 113 Å². The van der Waals surface area contributed by atoms with E-state index >= 15 is 0 Å². The van der Waals surface area contributed by atoms with Gasteiger partial charge in [0, 0.05) is 12.3 Å². The lowest BCUT2D eigenvalue weighted by molar-refractivity contribution is -0.135. The van der Waals surface area contributed by atoms with Crippen LogP contribution in [0.1, 0.15) is 22.9 Å². The van der Waals surface area contributed by atoms with E-state index in [2.05, 4.69) is 4.98 Å². The molecular weight excluding hydrogens is 536 g/mol. The van der Waals surface area contributed by atoms with Gasteiger partial charge in [0.1, 0.15) is 11.7 Å². The number of aliphatic hydroxyl groups excluding tert-OH is 1. The quantitative estimate of drug-likeness (QED) is 0.186. The lowest BCUT2D eigenvalue weighted by Crippen LogP contribution is -2.41. The number of hydrogen-bond donors (Lipinski definition) is 2. The van der Waals surface area contributed by atoms with Crippen LogP contribution >= 0.6 is 0 Å². The first-order chi connectivity index (χ1) is 19.2. The number of rotatable bonds is 13. The minimum atomic E-state index is -3.86. The molecule has 210 valence electrons. The van der Waals surface area contributed by atoms with Crippen LogP contribution in [0.5, 0.6) is 0 Å². The van der Waals surface area contributed by atoms with Crippen LogP contribution in [0.2, 0.25) is 0 Å². The minimum absolute atomic E-state index is 0.206. The summed E-state index contributed by atoms with van der Waals surface area (Å²) in [7, 11) is -3.86. The summed E-state index contributed by atoms with van der Waals surface area (Å²) in [4.78, 5) is 26.0. The molecule has 0 spiro atoms. The maximum atomic E-state index is 12.4. The van der Waals surface area contributed by atoms with E-state index in [0.29, 0.717) is 0 Å². The Morgan fingerprint density at radius 1 is 0.825 bits per heavy atom. The molecule has 40 heavy (non-hydrogen) atoms. The molecule has 0 unspecified atom stereocenters. The number of hydrogen-bond acceptors (Lipinski definition) is 8. The van der Waals surface area contributed by atoms with Gasteiger partial charge in [0.05, 0.1) is 26.1 Å². The van der Waals surface area contributed by atoms with Gasteiger partial charge in [0.15, 0.2) is 6.23 Å². The van der Waals surface area contributed by atoms with Crippen molar-refractivity contribution in [2.75, 3.05) is 26.1 Å². The SMILES string of the molecule is CS(=O)(=O)OC[C@@H](COC(c1ccccc1)(c1ccccc1)c1ccccc1)O[C@H](CO)n1ccc(=O)[nH]c1=O. The summed E-state index contributed by atoms with van der Waals surface area (Å²) in [5, 5.41) is 10.0. The van der Waals surface area contributed by atoms with Crippen LogP contribution in [0.4, 0.5) is 0 Å². The molecule has 11 heteroatoms. The fourth-order valence-electron chi connectivity index (χ4n) is 4.39. The molecule has 0 aliphatic heterocycles. The van der Waals surface area contributed by atoms with Crippen molar-refractivity contribution in [1.29, 1.82) is 0 Å². The van der Waals surface area contributed by atoms with Gasteiger partial charge in [0.2, 0.25) is 0 Å². The van der Waals surface area contributed by atoms with Gasteiger partial charge in [-0.15, -0.1) is 0 Å². The molecule has 0 radical (unpaired) electrons. The highest BCUT2D eigenvalue weighted by molar-refractivity contribution is 7.85. The normalized spacial score (nSPS) is 13.6. The van der Waals surface area contributed by atoms with E-state index < -0.39 is 52.5 Å². The smallest absolute Gasteiger partial charge is 0.330 e. The zero-order valence-corrected chi connectivity index (χ0v) is 22.6. The first kappa shape index (κ1) is 29.1. The molecule has 4 rings (SSSR count). The van der Waals surface area contributed by atoms with Gasteiger partial charge in [-0.25, -0.2) is 4.79 Å². The first-order valence-corrected chi connectivity index (χ1v) is 14.3. The summed E-state index contributed by atoms with van der Waals surface area (Å²) in [6.07, 6.45) is -0.246. The van der Waals surface area contributed by atoms with E-state index in [1.54, 1.807) is 0 Å². The molecule has 2 atom stereocenters. The molecule has 10 nitrogen and oxygen atoms in total. The van der Waals surface area contributed by atoms with Crippen LogP contribution in [0.25, 0.3) is 0 Å². The van der Waals surface area contributed by atoms with Crippen molar-refractivity contribution in [1.82, 2.24) is 9.55 Å². The molecule has 0 amide bonds. The lowest BCUT2D eigenvalue weighted by atomic mass is 9.80. The molecule has 0 bridgehead atoms. The topological polar surface area (TPSA) is 137 Å². The molecule has 1 aromatic heterocycles. The maximum absolute atomic E-state index is 12.4. The number of ether oxygens (including phenoxy) is 2. The monoisotopic (exact) mass is 566 g/mol. The second-order valence-corrected chi connectivity index (χ2v) is 10.6. The molecular formula is C29H30N2O8S. The summed E-state index contributed by atoms with van der Waals surface area (Å²) in [5.74, 6) is 0. The molecule has 0 saturated carbocycles. The fraction of sp³-hybridized carbons (Fsp3) is 0.241. The Hall–Kier alpha value is -3.87. The van der Waals surface area contributed by atoms with E-state index in [1.165, 1.54) is 6.20 Å². The predicted octanol–water partition coefficient (Wildman–Crippen LogP) is 2.40. The molecule has 0 saturated heterocycles. The Morgan fingerprint density at radius 2 is 1.32 bits per heavy atom. The van der Waals surface area contributed by atoms with Crippen LogP contribution in [0.3, 0.4) is 0 Å². The van der Waals surface area contributed by atoms with Crippen molar-refractivity contribution in [3.05, 3.63) is 141 Å². The Labute approximate surface area is 231 Å². The molecule has 0 aliphatic rings. The average Bonchev–Trinajstić information content (AvgIpc) is 2.96. The van der Waals surface area contributed by atoms with Gasteiger partial charge in [-0.2, -0.15) is 8.42 Å². The highest BCUT2D eigenvalue weighted by Gasteiger charge is 2.38. The van der Waals surface area contributed by atoms with E-state index in [4.69, 9.17) is 13.7 Å². The van der Waals surface area contributed by atoms with E-state index in [9.17, 15) is 23.1 Å². The third-order valence-corrected chi connectivity index (χ3v) is 6.73. The minimum Gasteiger partial charge on any atom is -0.392 e. The zero-order valence-electron chi connectivity index (χ0n) is 21.8. The van der Waals surface area contributed by atoms with Crippen molar-refractivity contribution < 1.29 is 27.2 Å². The second-order valence-electron chi connectivity index (χ2n) is 8.99. The maximum Gasteiger partial charge on any atom is 0.330 e. The highest BCUT2D eigenvalue weighted by Crippen LogP contribution is 2.40. The molecule has 0 fully saturated rings. The molecule has 3 aromatic carbocycles. The van der Waals surface area contributed by atoms with Crippen molar-refractivity contribution >= 4 is 10.1 Å². The van der Waals surface area contributed by atoms with Crippen molar-refractivity contribution in [3.8, 4) is 0 Å². The molecule has 1 heterocycles. The van der Waals surface area contributed by atoms with Crippen LogP contribution in [-0.2, 0) is 29.4 Å². The Bertz CT molecular complexity index is 1490. The number of nitrogens with one attached hydrogen (secondary N) is 1. The molecule has 2 N–H and O–H groups in total. The number of aromatic nitrogens is 2. The van der Waals surface area contributed by atoms with E-state index in [0.717, 1.165) is 33.6 Å². The number of H-pyrrole nitrogens is 1. The fourth-order valence-corrected chi connectivity index (χ4v) is 4.78. The largest absolute Gasteiger partial charge is 0.392 e. The summed E-state index contributed by atoms with van der Waals surface area (Å²) in [6.45, 7) is -1.31. The summed E-state index contributed by atoms with van der Waals surface area (Å²) in [5.41, 5.74) is -0.124. The first-order valence-electron chi connectivity index (χ1n) is 12.5. The lowest BCUT2D eigenvalue weighted by Gasteiger charge is -2.37. The molecule has 0 aliphatic carbocycles. The van der Waals surface area contributed by atoms with Crippen LogP contribution in [-0.4, -0.2) is 55.3 Å². The number of aromatic amines is 1. The van der Waals surface area contributed by atoms with Crippen molar-refractivity contribution in [2.24, 2.45) is 0 Å². The predicted molar refractivity (Wildman–Crippen MR) is 148 cm³/mol. The van der Waals surface area contributed by atoms with E-state index in [1.807, 2.05) is 91.0 Å².